The van der Waals surface area contributed by atoms with Crippen molar-refractivity contribution in [2.45, 2.75) is 37.2 Å². The molecule has 1 aromatic heterocycles. The quantitative estimate of drug-likeness (QED) is 0.741. The number of carbonyl (C=O) groups is 1. The molecule has 2 aliphatic rings. The van der Waals surface area contributed by atoms with Gasteiger partial charge in [-0.3, -0.25) is 14.5 Å². The lowest BCUT2D eigenvalue weighted by Crippen LogP contribution is -2.24. The van der Waals surface area contributed by atoms with Crippen LogP contribution in [0.15, 0.2) is 58.2 Å². The number of rotatable bonds is 0. The van der Waals surface area contributed by atoms with Crippen LogP contribution in [0.5, 0.6) is 0 Å². The molecule has 1 aromatic carbocycles. The number of nitrogens with zero attached hydrogens (tertiary/aromatic N) is 3. The van der Waals surface area contributed by atoms with Crippen LogP contribution in [-0.4, -0.2) is 26.8 Å². The molecule has 1 unspecified atom stereocenters. The van der Waals surface area contributed by atoms with Gasteiger partial charge in [0.2, 0.25) is 5.91 Å². The van der Waals surface area contributed by atoms with E-state index in [1.165, 1.54) is 4.90 Å². The number of aromatic nitrogens is 2. The Bertz CT molecular complexity index is 894. The van der Waals surface area contributed by atoms with E-state index in [0.29, 0.717) is 13.0 Å². The van der Waals surface area contributed by atoms with E-state index >= 15 is 0 Å². The van der Waals surface area contributed by atoms with Crippen LogP contribution in [0.2, 0.25) is 0 Å². The molecule has 128 valence electrons. The molecule has 3 heterocycles. The van der Waals surface area contributed by atoms with Crippen LogP contribution in [0, 0.1) is 0 Å². The van der Waals surface area contributed by atoms with E-state index in [9.17, 15) is 4.79 Å². The van der Waals surface area contributed by atoms with Crippen LogP contribution in [0.3, 0.4) is 0 Å². The lowest BCUT2D eigenvalue weighted by atomic mass is 10.1. The van der Waals surface area contributed by atoms with Crippen molar-refractivity contribution in [1.29, 1.82) is 0 Å². The van der Waals surface area contributed by atoms with Crippen LogP contribution in [0.1, 0.15) is 24.0 Å². The van der Waals surface area contributed by atoms with Gasteiger partial charge < -0.3 is 5.32 Å². The summed E-state index contributed by atoms with van der Waals surface area (Å²) in [5, 5.41) is 11.7. The summed E-state index contributed by atoms with van der Waals surface area (Å²) in [6.07, 6.45) is 8.05. The summed E-state index contributed by atoms with van der Waals surface area (Å²) in [6.45, 7) is 1.38. The average Bonchev–Trinajstić information content (AvgIpc) is 3.08. The Morgan fingerprint density at radius 1 is 1.24 bits per heavy atom. The van der Waals surface area contributed by atoms with Crippen molar-refractivity contribution in [3.05, 3.63) is 59.4 Å². The minimum atomic E-state index is -0.134. The number of nitrogens with one attached hydrogen (secondary N) is 1. The Kier molecular flexibility index (Phi) is 4.61. The maximum atomic E-state index is 12.4. The first-order chi connectivity index (χ1) is 12.3. The highest BCUT2D eigenvalue weighted by Crippen LogP contribution is 2.32. The second kappa shape index (κ2) is 7.19. The van der Waals surface area contributed by atoms with E-state index in [-0.39, 0.29) is 16.4 Å². The van der Waals surface area contributed by atoms with Gasteiger partial charge in [-0.25, -0.2) is 0 Å². The first-order valence-corrected chi connectivity index (χ1v) is 9.79. The van der Waals surface area contributed by atoms with E-state index in [2.05, 4.69) is 32.2 Å². The maximum absolute atomic E-state index is 12.4. The number of carbonyl (C=O) groups excluding carboxylic acids is 1. The molecule has 0 aliphatic carbocycles. The smallest absolute Gasteiger partial charge is 0.224 e. The van der Waals surface area contributed by atoms with E-state index in [4.69, 9.17) is 0 Å². The zero-order valence-corrected chi connectivity index (χ0v) is 14.7. The normalized spacial score (nSPS) is 20.4. The van der Waals surface area contributed by atoms with Crippen molar-refractivity contribution >= 4 is 27.5 Å². The number of benzene rings is 1. The van der Waals surface area contributed by atoms with Gasteiger partial charge in [-0.15, -0.1) is 10.5 Å². The number of hydrogen-bond donors (Lipinski definition) is 1. The van der Waals surface area contributed by atoms with Gasteiger partial charge in [0.05, 0.1) is 12.6 Å². The highest BCUT2D eigenvalue weighted by molar-refractivity contribution is 8.18. The number of aryl methyl sites for hydroxylation is 1. The highest BCUT2D eigenvalue weighted by Gasteiger charge is 2.12. The van der Waals surface area contributed by atoms with Gasteiger partial charge in [0.25, 0.3) is 0 Å². The minimum Gasteiger partial charge on any atom is -0.352 e. The van der Waals surface area contributed by atoms with Crippen LogP contribution in [-0.2, 0) is 24.3 Å². The van der Waals surface area contributed by atoms with Gasteiger partial charge >= 0.3 is 0 Å². The van der Waals surface area contributed by atoms with E-state index in [1.54, 1.807) is 0 Å². The van der Waals surface area contributed by atoms with Gasteiger partial charge in [0.15, 0.2) is 0 Å². The first-order valence-electron chi connectivity index (χ1n) is 8.44. The fraction of sp³-hybridized carbons (Fsp3) is 0.263. The van der Waals surface area contributed by atoms with Crippen molar-refractivity contribution in [3.8, 4) is 0 Å². The van der Waals surface area contributed by atoms with Crippen molar-refractivity contribution in [3.63, 3.8) is 0 Å². The van der Waals surface area contributed by atoms with Gasteiger partial charge in [-0.05, 0) is 35.2 Å². The second-order valence-corrected chi connectivity index (χ2v) is 7.86. The molecular formula is C19H20N4OS. The molecule has 2 aliphatic heterocycles. The first kappa shape index (κ1) is 16.0. The molecule has 0 radical (unpaired) electrons. The predicted molar refractivity (Wildman–Crippen MR) is 102 cm³/mol. The van der Waals surface area contributed by atoms with Gasteiger partial charge in [-0.2, -0.15) is 5.10 Å². The number of amides is 1. The summed E-state index contributed by atoms with van der Waals surface area (Å²) in [4.78, 5) is 18.1. The standard InChI is InChI=1S/C19H20N4OS/c24-19-10-16-4-1-2-6-18(16)25-9-7-20-17(14-25)5-3-8-23-13-15(11-21-19)12-22-23/h1-2,4,6-7,9,12-14H,3,5,8,10-11H2,(H,21,24). The molecule has 0 spiro atoms. The zero-order valence-electron chi connectivity index (χ0n) is 13.9. The van der Waals surface area contributed by atoms with Gasteiger partial charge in [0, 0.05) is 41.7 Å². The molecule has 6 heteroatoms. The molecule has 5 nitrogen and oxygen atoms in total. The second-order valence-electron chi connectivity index (χ2n) is 6.17. The lowest BCUT2D eigenvalue weighted by molar-refractivity contribution is -0.120. The summed E-state index contributed by atoms with van der Waals surface area (Å²) in [6, 6.07) is 8.20. The SMILES string of the molecule is O=C1Cc2ccccc2S2=CC(=NC=C2)CCCn2cc(cn2)CN1. The largest absolute Gasteiger partial charge is 0.352 e. The van der Waals surface area contributed by atoms with Crippen LogP contribution in [0.4, 0.5) is 0 Å². The number of hydrogen-bond acceptors (Lipinski definition) is 3. The fourth-order valence-electron chi connectivity index (χ4n) is 3.03. The zero-order chi connectivity index (χ0) is 17.1. The molecule has 4 bridgehead atoms. The Labute approximate surface area is 149 Å². The summed E-state index contributed by atoms with van der Waals surface area (Å²) in [5.74, 6) is 0.0357. The highest BCUT2D eigenvalue weighted by atomic mass is 32.2. The topological polar surface area (TPSA) is 59.3 Å². The molecule has 1 N–H and O–H groups in total. The van der Waals surface area contributed by atoms with Crippen LogP contribution >= 0.6 is 10.5 Å². The van der Waals surface area contributed by atoms with Gasteiger partial charge in [0.1, 0.15) is 0 Å². The molecule has 25 heavy (non-hydrogen) atoms. The molecule has 2 aromatic rings. The Morgan fingerprint density at radius 3 is 3.12 bits per heavy atom. The summed E-state index contributed by atoms with van der Waals surface area (Å²) in [5.41, 5.74) is 3.23. The van der Waals surface area contributed by atoms with Gasteiger partial charge in [-0.1, -0.05) is 18.2 Å². The molecule has 0 fully saturated rings. The van der Waals surface area contributed by atoms with Crippen LogP contribution in [0.25, 0.3) is 0 Å². The third kappa shape index (κ3) is 3.79. The molecule has 4 rings (SSSR count). The van der Waals surface area contributed by atoms with Crippen molar-refractivity contribution < 1.29 is 4.79 Å². The minimum absolute atomic E-state index is 0.0357. The number of aliphatic imine (C=N–C) groups is 1. The van der Waals surface area contributed by atoms with Crippen molar-refractivity contribution in [2.75, 3.05) is 0 Å². The average molecular weight is 352 g/mol. The maximum Gasteiger partial charge on any atom is 0.224 e. The lowest BCUT2D eigenvalue weighted by Gasteiger charge is -2.14. The summed E-state index contributed by atoms with van der Waals surface area (Å²) in [7, 11) is -0.134. The Morgan fingerprint density at radius 2 is 2.16 bits per heavy atom. The van der Waals surface area contributed by atoms with E-state index in [0.717, 1.165) is 36.2 Å². The monoisotopic (exact) mass is 352 g/mol. The Balaban J connectivity index is 1.68. The summed E-state index contributed by atoms with van der Waals surface area (Å²) < 4.78 is 1.94. The van der Waals surface area contributed by atoms with E-state index in [1.807, 2.05) is 41.5 Å². The molecule has 0 saturated heterocycles. The van der Waals surface area contributed by atoms with E-state index < -0.39 is 0 Å². The molecule has 1 atom stereocenters. The number of fused-ring (bicyclic) bond motifs is 5. The third-order valence-electron chi connectivity index (χ3n) is 4.28. The van der Waals surface area contributed by atoms with Crippen LogP contribution < -0.4 is 5.32 Å². The predicted octanol–water partition coefficient (Wildman–Crippen LogP) is 2.89. The molecule has 1 amide bonds. The fourth-order valence-corrected chi connectivity index (χ4v) is 4.72. The molecular weight excluding hydrogens is 332 g/mol. The third-order valence-corrected chi connectivity index (χ3v) is 6.13. The van der Waals surface area contributed by atoms with Crippen molar-refractivity contribution in [1.82, 2.24) is 15.1 Å². The van der Waals surface area contributed by atoms with Crippen molar-refractivity contribution in [2.24, 2.45) is 4.99 Å². The summed E-state index contributed by atoms with van der Waals surface area (Å²) >= 11 is 0. The molecule has 0 saturated carbocycles. The Hall–Kier alpha value is -2.47.